The van der Waals surface area contributed by atoms with Crippen LogP contribution in [0, 0.1) is 0 Å². The molecule has 0 unspecified atom stereocenters. The van der Waals surface area contributed by atoms with E-state index in [1.54, 1.807) is 0 Å². The molecule has 0 amide bonds. The highest BCUT2D eigenvalue weighted by Gasteiger charge is 2.17. The summed E-state index contributed by atoms with van der Waals surface area (Å²) < 4.78 is 11.6. The van der Waals surface area contributed by atoms with Crippen LogP contribution in [-0.2, 0) is 0 Å². The Kier molecular flexibility index (Phi) is 4.24. The number of nitrogens with zero attached hydrogens (tertiary/aromatic N) is 1. The lowest BCUT2D eigenvalue weighted by Gasteiger charge is -2.08. The van der Waals surface area contributed by atoms with Crippen molar-refractivity contribution in [3.05, 3.63) is 127 Å². The van der Waals surface area contributed by atoms with Crippen LogP contribution < -0.4 is 0 Å². The third kappa shape index (κ3) is 2.96. The van der Waals surface area contributed by atoms with E-state index in [1.807, 2.05) is 11.3 Å². The van der Waals surface area contributed by atoms with Gasteiger partial charge in [-0.15, -0.1) is 11.3 Å². The van der Waals surface area contributed by atoms with Crippen LogP contribution in [0.1, 0.15) is 0 Å². The zero-order valence-electron chi connectivity index (χ0n) is 20.9. The van der Waals surface area contributed by atoms with Crippen molar-refractivity contribution < 1.29 is 4.42 Å². The fraction of sp³-hybridized carbons (Fsp3) is 0. The molecule has 0 spiro atoms. The first-order chi connectivity index (χ1) is 19.3. The Labute approximate surface area is 227 Å². The van der Waals surface area contributed by atoms with Gasteiger partial charge in [-0.25, -0.2) is 0 Å². The molecule has 6 aromatic carbocycles. The van der Waals surface area contributed by atoms with Crippen LogP contribution in [0.5, 0.6) is 0 Å². The van der Waals surface area contributed by atoms with Gasteiger partial charge in [0.25, 0.3) is 0 Å². The van der Waals surface area contributed by atoms with E-state index in [1.165, 1.54) is 53.1 Å². The molecule has 0 radical (unpaired) electrons. The number of para-hydroxylation sites is 3. The largest absolute Gasteiger partial charge is 0.454 e. The highest BCUT2D eigenvalue weighted by molar-refractivity contribution is 7.25. The first-order valence-corrected chi connectivity index (χ1v) is 14.0. The summed E-state index contributed by atoms with van der Waals surface area (Å²) in [6, 6.07) is 45.8. The molecule has 0 saturated heterocycles. The second-order valence-electron chi connectivity index (χ2n) is 10.1. The van der Waals surface area contributed by atoms with Gasteiger partial charge >= 0.3 is 0 Å². The molecule has 0 aliphatic carbocycles. The summed E-state index contributed by atoms with van der Waals surface area (Å²) in [6.45, 7) is 0. The van der Waals surface area contributed by atoms with Crippen LogP contribution in [0.25, 0.3) is 80.7 Å². The molecule has 0 atom stereocenters. The average molecular weight is 516 g/mol. The Morgan fingerprint density at radius 2 is 1.08 bits per heavy atom. The summed E-state index contributed by atoms with van der Waals surface area (Å²) in [5, 5.41) is 7.41. The van der Waals surface area contributed by atoms with E-state index < -0.39 is 0 Å². The number of benzene rings is 6. The van der Waals surface area contributed by atoms with Gasteiger partial charge in [-0.2, -0.15) is 0 Å². The van der Waals surface area contributed by atoms with Crippen LogP contribution in [0.2, 0.25) is 0 Å². The fourth-order valence-electron chi connectivity index (χ4n) is 6.23. The Hall–Kier alpha value is -4.86. The highest BCUT2D eigenvalue weighted by atomic mass is 32.1. The van der Waals surface area contributed by atoms with E-state index in [-0.39, 0.29) is 0 Å². The molecule has 3 heteroatoms. The molecule has 182 valence electrons. The molecular formula is C36H21NOS. The van der Waals surface area contributed by atoms with Gasteiger partial charge in [0.1, 0.15) is 5.58 Å². The molecule has 9 rings (SSSR count). The van der Waals surface area contributed by atoms with Gasteiger partial charge < -0.3 is 8.98 Å². The predicted molar refractivity (Wildman–Crippen MR) is 166 cm³/mol. The van der Waals surface area contributed by atoms with Crippen molar-refractivity contribution in [2.45, 2.75) is 0 Å². The van der Waals surface area contributed by atoms with Crippen molar-refractivity contribution in [3.8, 4) is 16.8 Å². The molecule has 39 heavy (non-hydrogen) atoms. The van der Waals surface area contributed by atoms with Crippen molar-refractivity contribution >= 4 is 75.3 Å². The maximum Gasteiger partial charge on any atom is 0.159 e. The van der Waals surface area contributed by atoms with Gasteiger partial charge in [-0.1, -0.05) is 78.9 Å². The molecule has 0 aliphatic heterocycles. The van der Waals surface area contributed by atoms with Crippen molar-refractivity contribution in [1.82, 2.24) is 4.57 Å². The number of hydrogen-bond acceptors (Lipinski definition) is 2. The molecule has 0 saturated carbocycles. The lowest BCUT2D eigenvalue weighted by molar-refractivity contribution is 0.666. The standard InChI is InChI=1S/C36H21NOS/c1-4-12-30-24(8-1)25-9-2-5-13-31(25)37(30)32-14-7-11-27-28-20-22(16-18-33(28)38-36(27)32)23-17-19-35-29(21-23)26-10-3-6-15-34(26)39-35/h1-21H. The second kappa shape index (κ2) is 7.83. The van der Waals surface area contributed by atoms with Crippen molar-refractivity contribution in [1.29, 1.82) is 0 Å². The summed E-state index contributed by atoms with van der Waals surface area (Å²) in [6.07, 6.45) is 0. The molecule has 0 fully saturated rings. The fourth-order valence-corrected chi connectivity index (χ4v) is 7.31. The number of furan rings is 1. The molecule has 0 aliphatic rings. The maximum atomic E-state index is 6.59. The molecule has 0 N–H and O–H groups in total. The van der Waals surface area contributed by atoms with Crippen molar-refractivity contribution in [2.75, 3.05) is 0 Å². The van der Waals surface area contributed by atoms with Gasteiger partial charge in [-0.3, -0.25) is 0 Å². The highest BCUT2D eigenvalue weighted by Crippen LogP contribution is 2.40. The normalized spacial score (nSPS) is 12.1. The summed E-state index contributed by atoms with van der Waals surface area (Å²) in [4.78, 5) is 0. The Morgan fingerprint density at radius 1 is 0.462 bits per heavy atom. The molecular weight excluding hydrogens is 494 g/mol. The Morgan fingerprint density at radius 3 is 1.87 bits per heavy atom. The van der Waals surface area contributed by atoms with E-state index in [9.17, 15) is 0 Å². The van der Waals surface area contributed by atoms with Gasteiger partial charge in [0.15, 0.2) is 5.58 Å². The SMILES string of the molecule is c1ccc2c(c1)sc1ccc(-c3ccc4oc5c(-n6c7ccccc7c7ccccc76)cccc5c4c3)cc12. The van der Waals surface area contributed by atoms with Crippen molar-refractivity contribution in [2.24, 2.45) is 0 Å². The topological polar surface area (TPSA) is 18.1 Å². The lowest BCUT2D eigenvalue weighted by atomic mass is 10.0. The summed E-state index contributed by atoms with van der Waals surface area (Å²) in [5.74, 6) is 0. The monoisotopic (exact) mass is 515 g/mol. The summed E-state index contributed by atoms with van der Waals surface area (Å²) >= 11 is 1.86. The van der Waals surface area contributed by atoms with Crippen LogP contribution in [0.15, 0.2) is 132 Å². The third-order valence-corrected chi connectivity index (χ3v) is 9.16. The van der Waals surface area contributed by atoms with Gasteiger partial charge in [0, 0.05) is 41.7 Å². The average Bonchev–Trinajstić information content (AvgIpc) is 3.66. The van der Waals surface area contributed by atoms with Crippen LogP contribution in [0.3, 0.4) is 0 Å². The Bertz CT molecular complexity index is 2350. The molecule has 0 bridgehead atoms. The van der Waals surface area contributed by atoms with Crippen LogP contribution >= 0.6 is 11.3 Å². The van der Waals surface area contributed by atoms with E-state index in [0.29, 0.717) is 0 Å². The number of thiophene rings is 1. The van der Waals surface area contributed by atoms with Gasteiger partial charge in [-0.05, 0) is 59.7 Å². The molecule has 3 aromatic heterocycles. The molecule has 9 aromatic rings. The van der Waals surface area contributed by atoms with Crippen LogP contribution in [-0.4, -0.2) is 4.57 Å². The number of aromatic nitrogens is 1. The number of fused-ring (bicyclic) bond motifs is 9. The van der Waals surface area contributed by atoms with Crippen molar-refractivity contribution in [3.63, 3.8) is 0 Å². The lowest BCUT2D eigenvalue weighted by Crippen LogP contribution is -1.93. The van der Waals surface area contributed by atoms with Gasteiger partial charge in [0.2, 0.25) is 0 Å². The minimum Gasteiger partial charge on any atom is -0.454 e. The number of rotatable bonds is 2. The van der Waals surface area contributed by atoms with E-state index in [0.717, 1.165) is 27.6 Å². The second-order valence-corrected chi connectivity index (χ2v) is 11.2. The zero-order chi connectivity index (χ0) is 25.5. The maximum absolute atomic E-state index is 6.59. The third-order valence-electron chi connectivity index (χ3n) is 8.01. The summed E-state index contributed by atoms with van der Waals surface area (Å²) in [7, 11) is 0. The first-order valence-electron chi connectivity index (χ1n) is 13.2. The van der Waals surface area contributed by atoms with E-state index in [2.05, 4.69) is 132 Å². The smallest absolute Gasteiger partial charge is 0.159 e. The zero-order valence-corrected chi connectivity index (χ0v) is 21.7. The minimum atomic E-state index is 0.907. The van der Waals surface area contributed by atoms with Gasteiger partial charge in [0.05, 0.1) is 16.7 Å². The van der Waals surface area contributed by atoms with E-state index in [4.69, 9.17) is 4.42 Å². The first kappa shape index (κ1) is 21.1. The minimum absolute atomic E-state index is 0.907. The van der Waals surface area contributed by atoms with Crippen LogP contribution in [0.4, 0.5) is 0 Å². The molecule has 3 heterocycles. The Balaban J connectivity index is 1.28. The predicted octanol–water partition coefficient (Wildman–Crippen LogP) is 10.7. The van der Waals surface area contributed by atoms with E-state index >= 15 is 0 Å². The summed E-state index contributed by atoms with van der Waals surface area (Å²) in [5.41, 5.74) is 7.67. The molecule has 2 nitrogen and oxygen atoms in total. The quantitative estimate of drug-likeness (QED) is 0.224. The number of hydrogen-bond donors (Lipinski definition) is 0.